The lowest BCUT2D eigenvalue weighted by Crippen LogP contribution is -2.13. The second-order valence-electron chi connectivity index (χ2n) is 6.60. The van der Waals surface area contributed by atoms with Crippen molar-refractivity contribution in [1.82, 2.24) is 24.6 Å². The van der Waals surface area contributed by atoms with Gasteiger partial charge in [0.1, 0.15) is 5.75 Å². The number of rotatable bonds is 3. The van der Waals surface area contributed by atoms with Crippen LogP contribution in [0.15, 0.2) is 29.6 Å². The van der Waals surface area contributed by atoms with Gasteiger partial charge in [0.05, 0.1) is 12.3 Å². The molecule has 0 radical (unpaired) electrons. The van der Waals surface area contributed by atoms with Crippen molar-refractivity contribution < 1.29 is 9.53 Å². The van der Waals surface area contributed by atoms with Crippen LogP contribution in [0.4, 0.5) is 5.13 Å². The summed E-state index contributed by atoms with van der Waals surface area (Å²) >= 11 is 1.36. The summed E-state index contributed by atoms with van der Waals surface area (Å²) in [5, 5.41) is 9.43. The van der Waals surface area contributed by atoms with Crippen molar-refractivity contribution in [2.75, 3.05) is 11.9 Å². The van der Waals surface area contributed by atoms with E-state index in [4.69, 9.17) is 4.74 Å². The first-order chi connectivity index (χ1) is 13.6. The van der Waals surface area contributed by atoms with Crippen LogP contribution in [-0.2, 0) is 6.42 Å². The molecule has 9 heteroatoms. The number of nitrogens with one attached hydrogen (secondary N) is 1. The molecule has 3 aromatic heterocycles. The summed E-state index contributed by atoms with van der Waals surface area (Å²) in [6.07, 6.45) is 0.906. The molecule has 8 nitrogen and oxygen atoms in total. The van der Waals surface area contributed by atoms with Crippen LogP contribution in [-0.4, -0.2) is 37.1 Å². The molecule has 0 fully saturated rings. The Hall–Kier alpha value is -3.33. The number of thiazole rings is 1. The summed E-state index contributed by atoms with van der Waals surface area (Å²) in [7, 11) is 0. The smallest absolute Gasteiger partial charge is 0.297 e. The second-order valence-corrected chi connectivity index (χ2v) is 7.46. The zero-order valence-corrected chi connectivity index (χ0v) is 16.1. The summed E-state index contributed by atoms with van der Waals surface area (Å²) < 4.78 is 7.10. The molecule has 1 aliphatic heterocycles. The zero-order chi connectivity index (χ0) is 19.3. The van der Waals surface area contributed by atoms with Crippen LogP contribution in [0.5, 0.6) is 5.75 Å². The van der Waals surface area contributed by atoms with Crippen molar-refractivity contribution in [1.29, 1.82) is 0 Å². The first kappa shape index (κ1) is 16.8. The highest BCUT2D eigenvalue weighted by Gasteiger charge is 2.18. The molecule has 1 aliphatic rings. The van der Waals surface area contributed by atoms with Gasteiger partial charge < -0.3 is 4.74 Å². The van der Waals surface area contributed by atoms with Crippen molar-refractivity contribution >= 4 is 28.2 Å². The van der Waals surface area contributed by atoms with Gasteiger partial charge in [0.25, 0.3) is 11.7 Å². The van der Waals surface area contributed by atoms with Gasteiger partial charge in [0.15, 0.2) is 5.13 Å². The average molecular weight is 392 g/mol. The van der Waals surface area contributed by atoms with Gasteiger partial charge in [-0.05, 0) is 43.7 Å². The minimum atomic E-state index is -0.411. The molecule has 0 aliphatic carbocycles. The number of anilines is 1. The van der Waals surface area contributed by atoms with E-state index < -0.39 is 5.91 Å². The maximum Gasteiger partial charge on any atom is 0.297 e. The Bertz CT molecular complexity index is 1230. The van der Waals surface area contributed by atoms with Crippen LogP contribution >= 0.6 is 11.3 Å². The van der Waals surface area contributed by atoms with E-state index in [1.165, 1.54) is 16.9 Å². The summed E-state index contributed by atoms with van der Waals surface area (Å²) in [6, 6.07) is 7.92. The Kier molecular flexibility index (Phi) is 3.83. The van der Waals surface area contributed by atoms with Crippen LogP contribution in [0.3, 0.4) is 0 Å². The molecular weight excluding hydrogens is 376 g/mol. The van der Waals surface area contributed by atoms with E-state index in [1.54, 1.807) is 4.52 Å². The number of amides is 1. The fraction of sp³-hybridized carbons (Fsp3) is 0.211. The number of carbonyl (C=O) groups excluding carboxylic acids is 1. The Balaban J connectivity index is 1.38. The highest BCUT2D eigenvalue weighted by Crippen LogP contribution is 2.32. The molecule has 0 atom stereocenters. The van der Waals surface area contributed by atoms with E-state index in [9.17, 15) is 4.79 Å². The molecule has 1 N–H and O–H groups in total. The number of aromatic nitrogens is 5. The molecule has 140 valence electrons. The fourth-order valence-electron chi connectivity index (χ4n) is 3.23. The maximum atomic E-state index is 12.6. The van der Waals surface area contributed by atoms with Crippen LogP contribution < -0.4 is 10.1 Å². The first-order valence-corrected chi connectivity index (χ1v) is 9.69. The van der Waals surface area contributed by atoms with Gasteiger partial charge in [-0.25, -0.2) is 14.5 Å². The monoisotopic (exact) mass is 392 g/mol. The molecule has 0 unspecified atom stereocenters. The number of hydrogen-bond donors (Lipinski definition) is 1. The average Bonchev–Trinajstić information content (AvgIpc) is 3.39. The van der Waals surface area contributed by atoms with Crippen molar-refractivity contribution in [3.05, 3.63) is 52.4 Å². The number of hydrogen-bond acceptors (Lipinski definition) is 7. The summed E-state index contributed by atoms with van der Waals surface area (Å²) in [6.45, 7) is 4.49. The standard InChI is InChI=1S/C19H16N6O2S/c1-10-7-11(2)25-18(20-10)22-16(24-25)17(26)23-19-21-14(9-28-19)12-3-4-15-13(8-12)5-6-27-15/h3-4,7-9H,5-6H2,1-2H3,(H,21,23,26). The lowest BCUT2D eigenvalue weighted by atomic mass is 10.1. The van der Waals surface area contributed by atoms with Crippen LogP contribution in [0.25, 0.3) is 17.0 Å². The largest absolute Gasteiger partial charge is 0.493 e. The van der Waals surface area contributed by atoms with E-state index in [0.29, 0.717) is 10.9 Å². The van der Waals surface area contributed by atoms with Gasteiger partial charge in [-0.15, -0.1) is 16.4 Å². The Morgan fingerprint density at radius 3 is 3.00 bits per heavy atom. The molecule has 1 amide bonds. The number of benzene rings is 1. The molecule has 28 heavy (non-hydrogen) atoms. The highest BCUT2D eigenvalue weighted by atomic mass is 32.1. The normalized spacial score (nSPS) is 12.8. The van der Waals surface area contributed by atoms with Crippen LogP contribution in [0, 0.1) is 13.8 Å². The third kappa shape index (κ3) is 2.89. The van der Waals surface area contributed by atoms with Crippen LogP contribution in [0.2, 0.25) is 0 Å². The van der Waals surface area contributed by atoms with E-state index in [1.807, 2.05) is 37.4 Å². The Morgan fingerprint density at radius 1 is 1.21 bits per heavy atom. The van der Waals surface area contributed by atoms with E-state index in [2.05, 4.69) is 31.4 Å². The third-order valence-corrected chi connectivity index (χ3v) is 5.29. The lowest BCUT2D eigenvalue weighted by molar-refractivity contribution is 0.101. The molecule has 0 saturated heterocycles. The van der Waals surface area contributed by atoms with Gasteiger partial charge in [-0.3, -0.25) is 10.1 Å². The predicted octanol–water partition coefficient (Wildman–Crippen LogP) is 3.05. The third-order valence-electron chi connectivity index (χ3n) is 4.53. The molecule has 0 spiro atoms. The number of ether oxygens (including phenoxy) is 1. The lowest BCUT2D eigenvalue weighted by Gasteiger charge is -2.01. The highest BCUT2D eigenvalue weighted by molar-refractivity contribution is 7.14. The summed E-state index contributed by atoms with van der Waals surface area (Å²) in [5.74, 6) is 0.992. The minimum Gasteiger partial charge on any atom is -0.493 e. The Morgan fingerprint density at radius 2 is 2.11 bits per heavy atom. The predicted molar refractivity (Wildman–Crippen MR) is 105 cm³/mol. The summed E-state index contributed by atoms with van der Waals surface area (Å²) in [5.41, 5.74) is 4.69. The van der Waals surface area contributed by atoms with E-state index in [-0.39, 0.29) is 5.82 Å². The SMILES string of the molecule is Cc1cc(C)n2nc(C(=O)Nc3nc(-c4ccc5c(c4)CCO5)cs3)nc2n1. The van der Waals surface area contributed by atoms with E-state index >= 15 is 0 Å². The molecule has 0 saturated carbocycles. The number of carbonyl (C=O) groups is 1. The van der Waals surface area contributed by atoms with Gasteiger partial charge in [-0.1, -0.05) is 0 Å². The number of aryl methyl sites for hydroxylation is 2. The second kappa shape index (κ2) is 6.38. The van der Waals surface area contributed by atoms with Crippen molar-refractivity contribution in [2.45, 2.75) is 20.3 Å². The number of nitrogens with zero attached hydrogens (tertiary/aromatic N) is 5. The van der Waals surface area contributed by atoms with Crippen LogP contribution in [0.1, 0.15) is 27.6 Å². The van der Waals surface area contributed by atoms with Gasteiger partial charge in [0, 0.05) is 28.8 Å². The molecule has 5 rings (SSSR count). The first-order valence-electron chi connectivity index (χ1n) is 8.81. The quantitative estimate of drug-likeness (QED) is 0.576. The number of fused-ring (bicyclic) bond motifs is 2. The molecule has 4 aromatic rings. The topological polar surface area (TPSA) is 94.3 Å². The zero-order valence-electron chi connectivity index (χ0n) is 15.3. The molecule has 4 heterocycles. The Labute approximate surface area is 164 Å². The summed E-state index contributed by atoms with van der Waals surface area (Å²) in [4.78, 5) is 25.6. The van der Waals surface area contributed by atoms with Gasteiger partial charge >= 0.3 is 0 Å². The van der Waals surface area contributed by atoms with E-state index in [0.717, 1.165) is 41.4 Å². The fourth-order valence-corrected chi connectivity index (χ4v) is 3.94. The van der Waals surface area contributed by atoms with Gasteiger partial charge in [0.2, 0.25) is 5.82 Å². The van der Waals surface area contributed by atoms with Crippen molar-refractivity contribution in [3.63, 3.8) is 0 Å². The maximum absolute atomic E-state index is 12.6. The minimum absolute atomic E-state index is 0.0626. The van der Waals surface area contributed by atoms with Crippen molar-refractivity contribution in [3.8, 4) is 17.0 Å². The molecule has 0 bridgehead atoms. The van der Waals surface area contributed by atoms with Crippen molar-refractivity contribution in [2.24, 2.45) is 0 Å². The molecule has 1 aromatic carbocycles. The molecular formula is C19H16N6O2S. The van der Waals surface area contributed by atoms with Gasteiger partial charge in [-0.2, -0.15) is 4.98 Å².